The smallest absolute Gasteiger partial charge is 0.250 e. The van der Waals surface area contributed by atoms with Crippen LogP contribution in [0.15, 0.2) is 36.6 Å². The molecule has 1 amide bonds. The first-order valence-electron chi connectivity index (χ1n) is 4.32. The van der Waals surface area contributed by atoms with Gasteiger partial charge in [0, 0.05) is 12.7 Å². The van der Waals surface area contributed by atoms with Crippen molar-refractivity contribution in [3.8, 4) is 0 Å². The Hall–Kier alpha value is -1.64. The van der Waals surface area contributed by atoms with Crippen LogP contribution in [0, 0.1) is 5.41 Å². The van der Waals surface area contributed by atoms with E-state index < -0.39 is 0 Å². The normalized spacial score (nSPS) is 11.5. The number of nitrogens with one attached hydrogen (secondary N) is 1. The van der Waals surface area contributed by atoms with Gasteiger partial charge in [-0.2, -0.15) is 0 Å². The second kappa shape index (κ2) is 5.91. The number of nitrogens with zero attached hydrogens (tertiary/aromatic N) is 1. The number of allylic oxidation sites excluding steroid dienone is 4. The van der Waals surface area contributed by atoms with E-state index in [0.29, 0.717) is 5.71 Å². The molecule has 0 aliphatic rings. The van der Waals surface area contributed by atoms with E-state index in [1.54, 1.807) is 33.0 Å². The highest BCUT2D eigenvalue weighted by Crippen LogP contribution is 2.01. The van der Waals surface area contributed by atoms with Gasteiger partial charge >= 0.3 is 0 Å². The van der Waals surface area contributed by atoms with E-state index in [9.17, 15) is 4.79 Å². The summed E-state index contributed by atoms with van der Waals surface area (Å²) < 4.78 is 0. The number of amides is 1. The second-order valence-corrected chi connectivity index (χ2v) is 2.84. The minimum atomic E-state index is -0.0990. The van der Waals surface area contributed by atoms with Crippen molar-refractivity contribution in [2.24, 2.45) is 0 Å². The van der Waals surface area contributed by atoms with Gasteiger partial charge in [-0.1, -0.05) is 12.7 Å². The molecule has 14 heavy (non-hydrogen) atoms. The molecule has 3 nitrogen and oxygen atoms in total. The Balaban J connectivity index is 4.60. The van der Waals surface area contributed by atoms with Crippen LogP contribution in [0.2, 0.25) is 0 Å². The van der Waals surface area contributed by atoms with Gasteiger partial charge in [0.15, 0.2) is 0 Å². The van der Waals surface area contributed by atoms with Crippen LogP contribution < -0.4 is 0 Å². The Morgan fingerprint density at radius 2 is 2.07 bits per heavy atom. The third-order valence-corrected chi connectivity index (χ3v) is 1.75. The van der Waals surface area contributed by atoms with Crippen molar-refractivity contribution in [2.45, 2.75) is 13.8 Å². The van der Waals surface area contributed by atoms with Crippen LogP contribution >= 0.6 is 0 Å². The van der Waals surface area contributed by atoms with Crippen LogP contribution in [0.5, 0.6) is 0 Å². The minimum Gasteiger partial charge on any atom is -0.316 e. The molecule has 0 atom stereocenters. The molecular formula is C11H16N2O. The third kappa shape index (κ3) is 3.85. The Morgan fingerprint density at radius 3 is 2.50 bits per heavy atom. The topological polar surface area (TPSA) is 44.2 Å². The van der Waals surface area contributed by atoms with Gasteiger partial charge in [-0.15, -0.1) is 0 Å². The number of hydrogen-bond donors (Lipinski definition) is 1. The van der Waals surface area contributed by atoms with E-state index in [1.807, 2.05) is 0 Å². The molecule has 0 aromatic carbocycles. The van der Waals surface area contributed by atoms with E-state index >= 15 is 0 Å². The largest absolute Gasteiger partial charge is 0.316 e. The zero-order valence-electron chi connectivity index (χ0n) is 8.87. The first-order chi connectivity index (χ1) is 6.52. The van der Waals surface area contributed by atoms with E-state index in [1.165, 1.54) is 17.1 Å². The van der Waals surface area contributed by atoms with Crippen LogP contribution in [0.3, 0.4) is 0 Å². The molecule has 0 aromatic rings. The molecule has 0 saturated heterocycles. The van der Waals surface area contributed by atoms with Crippen LogP contribution in [-0.4, -0.2) is 23.6 Å². The van der Waals surface area contributed by atoms with E-state index in [0.717, 1.165) is 5.70 Å². The Labute approximate surface area is 84.9 Å². The Kier molecular flexibility index (Phi) is 5.22. The lowest BCUT2D eigenvalue weighted by atomic mass is 10.3. The fourth-order valence-electron chi connectivity index (χ4n) is 0.809. The van der Waals surface area contributed by atoms with Crippen molar-refractivity contribution in [1.29, 1.82) is 5.41 Å². The highest BCUT2D eigenvalue weighted by atomic mass is 16.2. The number of rotatable bonds is 4. The fraction of sp³-hybridized carbons (Fsp3) is 0.273. The van der Waals surface area contributed by atoms with E-state index in [-0.39, 0.29) is 5.91 Å². The van der Waals surface area contributed by atoms with Gasteiger partial charge in [0.25, 0.3) is 0 Å². The average Bonchev–Trinajstić information content (AvgIpc) is 2.16. The lowest BCUT2D eigenvalue weighted by Gasteiger charge is -2.15. The summed E-state index contributed by atoms with van der Waals surface area (Å²) in [4.78, 5) is 12.8. The predicted molar refractivity (Wildman–Crippen MR) is 59.3 cm³/mol. The van der Waals surface area contributed by atoms with Gasteiger partial charge in [0.2, 0.25) is 5.91 Å². The second-order valence-electron chi connectivity index (χ2n) is 2.84. The molecule has 0 aliphatic carbocycles. The Bertz CT molecular complexity index is 300. The van der Waals surface area contributed by atoms with Crippen LogP contribution in [-0.2, 0) is 4.79 Å². The Morgan fingerprint density at radius 1 is 1.50 bits per heavy atom. The van der Waals surface area contributed by atoms with Gasteiger partial charge < -0.3 is 10.3 Å². The van der Waals surface area contributed by atoms with Gasteiger partial charge in [-0.25, -0.2) is 0 Å². The molecule has 0 rings (SSSR count). The lowest BCUT2D eigenvalue weighted by molar-refractivity contribution is -0.123. The van der Waals surface area contributed by atoms with Crippen LogP contribution in [0.25, 0.3) is 0 Å². The van der Waals surface area contributed by atoms with Gasteiger partial charge in [0.05, 0.1) is 5.71 Å². The highest BCUT2D eigenvalue weighted by molar-refractivity contribution is 6.02. The summed E-state index contributed by atoms with van der Waals surface area (Å²) in [6, 6.07) is 0. The quantitative estimate of drug-likeness (QED) is 0.538. The molecule has 0 radical (unpaired) electrons. The summed E-state index contributed by atoms with van der Waals surface area (Å²) in [5.41, 5.74) is 1.01. The van der Waals surface area contributed by atoms with Crippen LogP contribution in [0.1, 0.15) is 13.8 Å². The van der Waals surface area contributed by atoms with Crippen molar-refractivity contribution < 1.29 is 4.79 Å². The molecule has 0 fully saturated rings. The molecule has 0 saturated carbocycles. The number of carbonyl (C=O) groups excluding carboxylic acids is 1. The molecular weight excluding hydrogens is 176 g/mol. The molecule has 0 bridgehead atoms. The predicted octanol–water partition coefficient (Wildman–Crippen LogP) is 2.13. The SMILES string of the molecule is C=CC(=N)/C=C(\C)N(C)C(=O)C=CC. The zero-order chi connectivity index (χ0) is 11.1. The maximum Gasteiger partial charge on any atom is 0.250 e. The monoisotopic (exact) mass is 192 g/mol. The molecule has 76 valence electrons. The average molecular weight is 192 g/mol. The summed E-state index contributed by atoms with van der Waals surface area (Å²) in [7, 11) is 1.67. The standard InChI is InChI=1S/C11H16N2O/c1-5-7-11(14)13(4)9(3)8-10(12)6-2/h5-8,12H,2H2,1,3-4H3/b7-5?,9-8+,12-10?. The molecule has 0 aromatic heterocycles. The first-order valence-corrected chi connectivity index (χ1v) is 4.32. The number of carbonyl (C=O) groups is 1. The summed E-state index contributed by atoms with van der Waals surface area (Å²) in [5.74, 6) is -0.0990. The molecule has 0 heterocycles. The molecule has 0 unspecified atom stereocenters. The fourth-order valence-corrected chi connectivity index (χ4v) is 0.809. The lowest BCUT2D eigenvalue weighted by Crippen LogP contribution is -2.23. The van der Waals surface area contributed by atoms with Gasteiger partial charge in [0.1, 0.15) is 0 Å². The molecule has 0 spiro atoms. The molecule has 0 aliphatic heterocycles. The first kappa shape index (κ1) is 12.4. The maximum absolute atomic E-state index is 11.4. The van der Waals surface area contributed by atoms with Crippen molar-refractivity contribution in [1.82, 2.24) is 4.90 Å². The van der Waals surface area contributed by atoms with Crippen molar-refractivity contribution in [2.75, 3.05) is 7.05 Å². The molecule has 3 heteroatoms. The molecule has 1 N–H and O–H groups in total. The van der Waals surface area contributed by atoms with Gasteiger partial charge in [-0.05, 0) is 32.1 Å². The van der Waals surface area contributed by atoms with Crippen molar-refractivity contribution >= 4 is 11.6 Å². The highest BCUT2D eigenvalue weighted by Gasteiger charge is 2.05. The zero-order valence-corrected chi connectivity index (χ0v) is 8.87. The summed E-state index contributed by atoms with van der Waals surface area (Å²) in [6.45, 7) is 7.03. The summed E-state index contributed by atoms with van der Waals surface area (Å²) in [5, 5.41) is 7.35. The summed E-state index contributed by atoms with van der Waals surface area (Å²) >= 11 is 0. The number of likely N-dealkylation sites (N-methyl/N-ethyl adjacent to an activating group) is 1. The van der Waals surface area contributed by atoms with Crippen molar-refractivity contribution in [3.63, 3.8) is 0 Å². The minimum absolute atomic E-state index is 0.0990. The van der Waals surface area contributed by atoms with Crippen molar-refractivity contribution in [3.05, 3.63) is 36.6 Å². The van der Waals surface area contributed by atoms with Crippen LogP contribution in [0.4, 0.5) is 0 Å². The van der Waals surface area contributed by atoms with E-state index in [4.69, 9.17) is 5.41 Å². The van der Waals surface area contributed by atoms with Gasteiger partial charge in [-0.3, -0.25) is 4.79 Å². The maximum atomic E-state index is 11.4. The summed E-state index contributed by atoms with van der Waals surface area (Å²) in [6.07, 6.45) is 6.19. The third-order valence-electron chi connectivity index (χ3n) is 1.75. The van der Waals surface area contributed by atoms with E-state index in [2.05, 4.69) is 6.58 Å². The number of hydrogen-bond acceptors (Lipinski definition) is 2.